The molecule has 2 heterocycles. The van der Waals surface area contributed by atoms with Crippen LogP contribution in [-0.4, -0.2) is 30.8 Å². The normalized spacial score (nSPS) is 12.0. The lowest BCUT2D eigenvalue weighted by molar-refractivity contribution is -0.119. The van der Waals surface area contributed by atoms with E-state index in [0.717, 1.165) is 22.0 Å². The lowest BCUT2D eigenvalue weighted by Gasteiger charge is -2.19. The molecule has 32 heavy (non-hydrogen) atoms. The van der Waals surface area contributed by atoms with Crippen LogP contribution in [0.4, 0.5) is 4.39 Å². The first kappa shape index (κ1) is 21.8. The van der Waals surface area contributed by atoms with Crippen LogP contribution in [0.3, 0.4) is 0 Å². The number of imidazole rings is 2. The van der Waals surface area contributed by atoms with Crippen molar-refractivity contribution in [2.24, 2.45) is 7.05 Å². The van der Waals surface area contributed by atoms with E-state index in [-0.39, 0.29) is 17.5 Å². The van der Waals surface area contributed by atoms with E-state index in [4.69, 9.17) is 0 Å². The highest BCUT2D eigenvalue weighted by Crippen LogP contribution is 2.25. The van der Waals surface area contributed by atoms with Crippen molar-refractivity contribution in [3.05, 3.63) is 95.6 Å². The second kappa shape index (κ2) is 9.40. The molecule has 2 aromatic carbocycles. The van der Waals surface area contributed by atoms with Gasteiger partial charge in [0.2, 0.25) is 5.91 Å². The number of benzene rings is 2. The van der Waals surface area contributed by atoms with Gasteiger partial charge in [0, 0.05) is 31.8 Å². The molecule has 4 aromatic rings. The summed E-state index contributed by atoms with van der Waals surface area (Å²) in [4.78, 5) is 21.7. The third kappa shape index (κ3) is 4.75. The predicted octanol–water partition coefficient (Wildman–Crippen LogP) is 4.36. The molecule has 4 rings (SSSR count). The van der Waals surface area contributed by atoms with Crippen molar-refractivity contribution in [2.45, 2.75) is 25.0 Å². The number of halogens is 1. The van der Waals surface area contributed by atoms with Gasteiger partial charge in [0.25, 0.3) is 0 Å². The molecule has 0 bridgehead atoms. The van der Waals surface area contributed by atoms with Crippen molar-refractivity contribution in [2.75, 3.05) is 5.75 Å². The van der Waals surface area contributed by atoms with Gasteiger partial charge in [-0.3, -0.25) is 9.36 Å². The fourth-order valence-electron chi connectivity index (χ4n) is 3.53. The van der Waals surface area contributed by atoms with Crippen LogP contribution in [0.15, 0.2) is 72.4 Å². The molecule has 1 N–H and O–H groups in total. The molecule has 0 aliphatic rings. The Labute approximate surface area is 190 Å². The molecule has 0 saturated carbocycles. The van der Waals surface area contributed by atoms with E-state index in [1.54, 1.807) is 30.7 Å². The van der Waals surface area contributed by atoms with Crippen molar-refractivity contribution in [1.29, 1.82) is 0 Å². The van der Waals surface area contributed by atoms with Crippen LogP contribution in [0, 0.1) is 19.7 Å². The number of aryl methyl sites for hydroxylation is 3. The topological polar surface area (TPSA) is 64.7 Å². The summed E-state index contributed by atoms with van der Waals surface area (Å²) in [6.45, 7) is 4.09. The molecule has 2 aromatic heterocycles. The minimum absolute atomic E-state index is 0.165. The maximum absolute atomic E-state index is 13.9. The average molecular weight is 450 g/mol. The average Bonchev–Trinajstić information content (AvgIpc) is 3.41. The van der Waals surface area contributed by atoms with Gasteiger partial charge in [-0.2, -0.15) is 0 Å². The molecule has 0 spiro atoms. The lowest BCUT2D eigenvalue weighted by atomic mass is 10.1. The maximum atomic E-state index is 13.9. The van der Waals surface area contributed by atoms with Gasteiger partial charge in [-0.1, -0.05) is 36.0 Å². The number of hydrogen-bond acceptors (Lipinski definition) is 4. The Kier molecular flexibility index (Phi) is 6.41. The van der Waals surface area contributed by atoms with Gasteiger partial charge in [0.1, 0.15) is 17.7 Å². The lowest BCUT2D eigenvalue weighted by Crippen LogP contribution is -2.32. The van der Waals surface area contributed by atoms with E-state index in [1.807, 2.05) is 36.2 Å². The number of nitrogens with one attached hydrogen (secondary N) is 1. The van der Waals surface area contributed by atoms with E-state index < -0.39 is 6.04 Å². The van der Waals surface area contributed by atoms with Gasteiger partial charge in [0.05, 0.1) is 11.4 Å². The number of rotatable bonds is 7. The first-order valence-corrected chi connectivity index (χ1v) is 11.2. The Bertz CT molecular complexity index is 1250. The first-order chi connectivity index (χ1) is 15.4. The zero-order valence-electron chi connectivity index (χ0n) is 18.1. The van der Waals surface area contributed by atoms with Gasteiger partial charge in [-0.15, -0.1) is 0 Å². The summed E-state index contributed by atoms with van der Waals surface area (Å²) >= 11 is 1.35. The number of nitrogens with zero attached hydrogens (tertiary/aromatic N) is 4. The Balaban J connectivity index is 1.51. The van der Waals surface area contributed by atoms with Crippen LogP contribution in [0.25, 0.3) is 5.69 Å². The van der Waals surface area contributed by atoms with Crippen molar-refractivity contribution in [3.8, 4) is 5.69 Å². The fourth-order valence-corrected chi connectivity index (χ4v) is 4.31. The molecule has 0 aliphatic heterocycles. The van der Waals surface area contributed by atoms with E-state index in [2.05, 4.69) is 33.5 Å². The second-order valence-corrected chi connectivity index (χ2v) is 8.55. The van der Waals surface area contributed by atoms with Crippen molar-refractivity contribution >= 4 is 17.7 Å². The third-order valence-corrected chi connectivity index (χ3v) is 6.13. The van der Waals surface area contributed by atoms with Crippen LogP contribution in [-0.2, 0) is 11.8 Å². The molecular weight excluding hydrogens is 425 g/mol. The molecule has 164 valence electrons. The Morgan fingerprint density at radius 2 is 1.94 bits per heavy atom. The smallest absolute Gasteiger partial charge is 0.231 e. The minimum atomic E-state index is -0.558. The van der Waals surface area contributed by atoms with Crippen LogP contribution < -0.4 is 5.32 Å². The summed E-state index contributed by atoms with van der Waals surface area (Å²) in [5.41, 5.74) is 3.95. The second-order valence-electron chi connectivity index (χ2n) is 7.61. The number of carbonyl (C=O) groups is 1. The third-order valence-electron chi connectivity index (χ3n) is 5.17. The van der Waals surface area contributed by atoms with Gasteiger partial charge in [-0.25, -0.2) is 14.4 Å². The van der Waals surface area contributed by atoms with Crippen LogP contribution in [0.1, 0.15) is 28.6 Å². The van der Waals surface area contributed by atoms with E-state index >= 15 is 0 Å². The number of hydrogen-bond donors (Lipinski definition) is 1. The van der Waals surface area contributed by atoms with E-state index in [0.29, 0.717) is 11.4 Å². The van der Waals surface area contributed by atoms with Crippen LogP contribution in [0.2, 0.25) is 0 Å². The van der Waals surface area contributed by atoms with Crippen LogP contribution in [0.5, 0.6) is 0 Å². The van der Waals surface area contributed by atoms with Crippen LogP contribution >= 0.6 is 11.8 Å². The van der Waals surface area contributed by atoms with Crippen molar-refractivity contribution < 1.29 is 9.18 Å². The summed E-state index contributed by atoms with van der Waals surface area (Å²) in [6.07, 6.45) is 7.07. The predicted molar refractivity (Wildman–Crippen MR) is 123 cm³/mol. The molecule has 1 amide bonds. The summed E-state index contributed by atoms with van der Waals surface area (Å²) in [5.74, 6) is 0.243. The molecule has 1 atom stereocenters. The number of carbonyl (C=O) groups excluding carboxylic acids is 1. The first-order valence-electron chi connectivity index (χ1n) is 10.2. The molecule has 1 unspecified atom stereocenters. The number of aromatic nitrogens is 4. The molecule has 0 fully saturated rings. The summed E-state index contributed by atoms with van der Waals surface area (Å²) in [7, 11) is 1.84. The minimum Gasteiger partial charge on any atom is -0.341 e. The highest BCUT2D eigenvalue weighted by atomic mass is 32.2. The van der Waals surface area contributed by atoms with Crippen molar-refractivity contribution in [3.63, 3.8) is 0 Å². The molecule has 0 aliphatic carbocycles. The Hall–Kier alpha value is -3.39. The highest BCUT2D eigenvalue weighted by Gasteiger charge is 2.22. The molecule has 0 saturated heterocycles. The number of amides is 1. The zero-order valence-corrected chi connectivity index (χ0v) is 18.9. The largest absolute Gasteiger partial charge is 0.341 e. The zero-order chi connectivity index (χ0) is 22.7. The highest BCUT2D eigenvalue weighted by molar-refractivity contribution is 7.99. The Morgan fingerprint density at radius 1 is 1.12 bits per heavy atom. The molecule has 6 nitrogen and oxygen atoms in total. The standard InChI is InChI=1S/C24H24FN5OS/c1-16-7-8-17(2)20(13-16)30-12-10-27-24(30)32-15-21(31)28-22(23-26-9-11-29(23)3)18-5-4-6-19(25)14-18/h4-14,22H,15H2,1-3H3,(H,28,31). The molecular formula is C24H24FN5OS. The summed E-state index contributed by atoms with van der Waals surface area (Å²) in [6, 6.07) is 11.9. The SMILES string of the molecule is Cc1ccc(C)c(-n2ccnc2SCC(=O)NC(c2cccc(F)c2)c2nccn2C)c1. The van der Waals surface area contributed by atoms with E-state index in [1.165, 1.54) is 23.9 Å². The Morgan fingerprint density at radius 3 is 2.69 bits per heavy atom. The van der Waals surface area contributed by atoms with Gasteiger partial charge >= 0.3 is 0 Å². The van der Waals surface area contributed by atoms with E-state index in [9.17, 15) is 9.18 Å². The maximum Gasteiger partial charge on any atom is 0.231 e. The molecule has 8 heteroatoms. The van der Waals surface area contributed by atoms with Gasteiger partial charge in [-0.05, 0) is 48.7 Å². The monoisotopic (exact) mass is 449 g/mol. The molecule has 0 radical (unpaired) electrons. The quantitative estimate of drug-likeness (QED) is 0.426. The summed E-state index contributed by atoms with van der Waals surface area (Å²) < 4.78 is 17.7. The number of thioether (sulfide) groups is 1. The summed E-state index contributed by atoms with van der Waals surface area (Å²) in [5, 5.41) is 3.73. The van der Waals surface area contributed by atoms with Gasteiger partial charge < -0.3 is 9.88 Å². The van der Waals surface area contributed by atoms with Crippen molar-refractivity contribution in [1.82, 2.24) is 24.4 Å². The fraction of sp³-hybridized carbons (Fsp3) is 0.208. The van der Waals surface area contributed by atoms with Gasteiger partial charge in [0.15, 0.2) is 5.16 Å².